The van der Waals surface area contributed by atoms with E-state index >= 15 is 0 Å². The minimum Gasteiger partial charge on any atom is -0.313 e. The number of benzene rings is 1. The highest BCUT2D eigenvalue weighted by atomic mass is 16.2. The van der Waals surface area contributed by atoms with Gasteiger partial charge in [0.05, 0.1) is 13.1 Å². The first-order chi connectivity index (χ1) is 14.4. The second-order valence-electron chi connectivity index (χ2n) is 8.10. The predicted octanol–water partition coefficient (Wildman–Crippen LogP) is 1.69. The topological polar surface area (TPSA) is 82.1 Å². The Balaban J connectivity index is 1.85. The second-order valence-corrected chi connectivity index (χ2v) is 8.10. The number of Topliss-reactive ketones (excluding diaryl/α,β-unsaturated/α-hetero) is 1. The fourth-order valence-electron chi connectivity index (χ4n) is 4.22. The molecule has 1 aliphatic heterocycles. The lowest BCUT2D eigenvalue weighted by atomic mass is 10.0. The summed E-state index contributed by atoms with van der Waals surface area (Å²) in [5.74, 6) is 0.542. The normalized spacial score (nSPS) is 17.5. The number of hydrogen-bond donors (Lipinski definition) is 0. The van der Waals surface area contributed by atoms with Gasteiger partial charge in [-0.3, -0.25) is 23.6 Å². The third-order valence-electron chi connectivity index (χ3n) is 6.11. The van der Waals surface area contributed by atoms with E-state index in [4.69, 9.17) is 0 Å². The number of likely N-dealkylation sites (tertiary alicyclic amines) is 1. The highest BCUT2D eigenvalue weighted by Crippen LogP contribution is 2.21. The van der Waals surface area contributed by atoms with Crippen molar-refractivity contribution < 1.29 is 4.79 Å². The zero-order valence-corrected chi connectivity index (χ0v) is 17.7. The fraction of sp³-hybridized carbons (Fsp3) is 0.455. The van der Waals surface area contributed by atoms with E-state index in [-0.39, 0.29) is 12.3 Å². The van der Waals surface area contributed by atoms with Crippen molar-refractivity contribution in [3.05, 3.63) is 62.6 Å². The summed E-state index contributed by atoms with van der Waals surface area (Å²) in [6, 6.07) is 9.43. The van der Waals surface area contributed by atoms with Crippen molar-refractivity contribution in [3.63, 3.8) is 0 Å². The van der Waals surface area contributed by atoms with E-state index in [0.29, 0.717) is 35.1 Å². The van der Waals surface area contributed by atoms with Crippen LogP contribution in [0, 0.1) is 0 Å². The number of aromatic nitrogens is 4. The molecule has 0 N–H and O–H groups in total. The van der Waals surface area contributed by atoms with Crippen LogP contribution in [0.2, 0.25) is 0 Å². The van der Waals surface area contributed by atoms with Crippen LogP contribution in [0.5, 0.6) is 0 Å². The molecule has 0 amide bonds. The Hall–Kier alpha value is -3.00. The molecule has 0 bridgehead atoms. The van der Waals surface area contributed by atoms with E-state index in [1.165, 1.54) is 18.0 Å². The van der Waals surface area contributed by atoms with Crippen LogP contribution < -0.4 is 11.2 Å². The van der Waals surface area contributed by atoms with Gasteiger partial charge in [0.1, 0.15) is 5.82 Å². The minimum atomic E-state index is -0.431. The first kappa shape index (κ1) is 20.3. The molecular weight excluding hydrogens is 382 g/mol. The van der Waals surface area contributed by atoms with E-state index in [9.17, 15) is 14.4 Å². The van der Waals surface area contributed by atoms with Crippen LogP contribution in [0.25, 0.3) is 11.2 Å². The summed E-state index contributed by atoms with van der Waals surface area (Å²) in [5, 5.41) is 0. The Morgan fingerprint density at radius 1 is 1.10 bits per heavy atom. The number of nitrogens with zero attached hydrogens (tertiary/aromatic N) is 5. The van der Waals surface area contributed by atoms with Gasteiger partial charge >= 0.3 is 5.69 Å². The molecule has 30 heavy (non-hydrogen) atoms. The Labute approximate surface area is 174 Å². The second kappa shape index (κ2) is 8.02. The zero-order valence-electron chi connectivity index (χ0n) is 17.7. The summed E-state index contributed by atoms with van der Waals surface area (Å²) in [6.45, 7) is 3.69. The van der Waals surface area contributed by atoms with Crippen molar-refractivity contribution in [3.8, 4) is 0 Å². The summed E-state index contributed by atoms with van der Waals surface area (Å²) >= 11 is 0. The summed E-state index contributed by atoms with van der Waals surface area (Å²) in [4.78, 5) is 45.4. The van der Waals surface area contributed by atoms with Gasteiger partial charge in [-0.2, -0.15) is 0 Å². The molecule has 0 aliphatic carbocycles. The predicted molar refractivity (Wildman–Crippen MR) is 115 cm³/mol. The van der Waals surface area contributed by atoms with Gasteiger partial charge in [-0.1, -0.05) is 36.8 Å². The van der Waals surface area contributed by atoms with Gasteiger partial charge in [0.15, 0.2) is 16.9 Å². The average molecular weight is 409 g/mol. The molecule has 0 saturated carbocycles. The zero-order chi connectivity index (χ0) is 21.4. The molecule has 4 rings (SSSR count). The first-order valence-electron chi connectivity index (χ1n) is 10.4. The number of ketones is 1. The van der Waals surface area contributed by atoms with Crippen LogP contribution >= 0.6 is 0 Å². The minimum absolute atomic E-state index is 0.00547. The van der Waals surface area contributed by atoms with E-state index in [1.807, 2.05) is 18.2 Å². The summed E-state index contributed by atoms with van der Waals surface area (Å²) in [5.41, 5.74) is 0.342. The summed E-state index contributed by atoms with van der Waals surface area (Å²) in [6.07, 6.45) is 3.44. The lowest BCUT2D eigenvalue weighted by Gasteiger charge is -2.33. The maximum absolute atomic E-state index is 13.0. The number of fused-ring (bicyclic) bond motifs is 1. The van der Waals surface area contributed by atoms with Crippen molar-refractivity contribution in [2.75, 3.05) is 6.54 Å². The monoisotopic (exact) mass is 409 g/mol. The van der Waals surface area contributed by atoms with Gasteiger partial charge in [0.25, 0.3) is 5.56 Å². The molecular formula is C22H27N5O3. The molecule has 1 aliphatic rings. The molecule has 8 heteroatoms. The summed E-state index contributed by atoms with van der Waals surface area (Å²) < 4.78 is 4.15. The first-order valence-corrected chi connectivity index (χ1v) is 10.4. The van der Waals surface area contributed by atoms with Gasteiger partial charge in [-0.05, 0) is 26.3 Å². The third kappa shape index (κ3) is 3.52. The van der Waals surface area contributed by atoms with Crippen LogP contribution in [0.15, 0.2) is 39.9 Å². The Bertz CT molecular complexity index is 1210. The number of aryl methyl sites for hydroxylation is 1. The Morgan fingerprint density at radius 3 is 2.53 bits per heavy atom. The van der Waals surface area contributed by atoms with Crippen molar-refractivity contribution in [2.24, 2.45) is 14.1 Å². The molecule has 8 nitrogen and oxygen atoms in total. The lowest BCUT2D eigenvalue weighted by Crippen LogP contribution is -2.38. The maximum Gasteiger partial charge on any atom is 0.332 e. The molecule has 1 atom stereocenters. The SMILES string of the molecule is C[C@@H]1CCCCN1Cc1nc2c(c(=O)n(C)c(=O)n2C)n1CC(=O)c1ccccc1. The molecule has 3 heterocycles. The van der Waals surface area contributed by atoms with Crippen LogP contribution in [0.3, 0.4) is 0 Å². The van der Waals surface area contributed by atoms with Gasteiger partial charge in [0.2, 0.25) is 0 Å². The third-order valence-corrected chi connectivity index (χ3v) is 6.11. The van der Waals surface area contributed by atoms with Gasteiger partial charge < -0.3 is 4.57 Å². The van der Waals surface area contributed by atoms with Crippen molar-refractivity contribution in [1.82, 2.24) is 23.6 Å². The van der Waals surface area contributed by atoms with Crippen LogP contribution in [0.1, 0.15) is 42.4 Å². The number of carbonyl (C=O) groups excluding carboxylic acids is 1. The van der Waals surface area contributed by atoms with E-state index in [0.717, 1.165) is 24.0 Å². The molecule has 1 aromatic carbocycles. The molecule has 1 fully saturated rings. The largest absolute Gasteiger partial charge is 0.332 e. The number of rotatable bonds is 5. The number of piperidine rings is 1. The van der Waals surface area contributed by atoms with E-state index in [2.05, 4.69) is 16.8 Å². The summed E-state index contributed by atoms with van der Waals surface area (Å²) in [7, 11) is 3.06. The molecule has 0 spiro atoms. The molecule has 1 saturated heterocycles. The van der Waals surface area contributed by atoms with Crippen LogP contribution in [-0.2, 0) is 27.2 Å². The van der Waals surface area contributed by atoms with Crippen molar-refractivity contribution in [1.29, 1.82) is 0 Å². The quantitative estimate of drug-likeness (QED) is 0.599. The fourth-order valence-corrected chi connectivity index (χ4v) is 4.22. The highest BCUT2D eigenvalue weighted by Gasteiger charge is 2.25. The molecule has 3 aromatic rings. The molecule has 158 valence electrons. The maximum atomic E-state index is 13.0. The van der Waals surface area contributed by atoms with Crippen molar-refractivity contribution >= 4 is 16.9 Å². The lowest BCUT2D eigenvalue weighted by molar-refractivity contribution is 0.0968. The molecule has 2 aromatic heterocycles. The number of imidazole rings is 1. The molecule has 0 radical (unpaired) electrons. The van der Waals surface area contributed by atoms with Gasteiger partial charge in [-0.25, -0.2) is 9.78 Å². The van der Waals surface area contributed by atoms with Gasteiger partial charge in [-0.15, -0.1) is 0 Å². The smallest absolute Gasteiger partial charge is 0.313 e. The molecule has 0 unspecified atom stereocenters. The van der Waals surface area contributed by atoms with Crippen molar-refractivity contribution in [2.45, 2.75) is 45.3 Å². The number of hydrogen-bond acceptors (Lipinski definition) is 5. The number of carbonyl (C=O) groups is 1. The average Bonchev–Trinajstić information content (AvgIpc) is 3.11. The Kier molecular flexibility index (Phi) is 5.42. The van der Waals surface area contributed by atoms with Crippen LogP contribution in [-0.4, -0.2) is 42.0 Å². The standard InChI is InChI=1S/C22H27N5O3/c1-15-9-7-8-12-26(15)14-18-23-20-19(21(29)25(3)22(30)24(20)2)27(18)13-17(28)16-10-5-4-6-11-16/h4-6,10-11,15H,7-9,12-14H2,1-3H3/t15-/m1/s1. The van der Waals surface area contributed by atoms with E-state index < -0.39 is 11.2 Å². The Morgan fingerprint density at radius 2 is 1.83 bits per heavy atom. The van der Waals surface area contributed by atoms with E-state index in [1.54, 1.807) is 23.7 Å². The highest BCUT2D eigenvalue weighted by molar-refractivity contribution is 5.96. The van der Waals surface area contributed by atoms with Gasteiger partial charge in [0, 0.05) is 25.7 Å². The van der Waals surface area contributed by atoms with Crippen LogP contribution in [0.4, 0.5) is 0 Å².